The van der Waals surface area contributed by atoms with Crippen molar-refractivity contribution in [1.29, 1.82) is 5.26 Å². The summed E-state index contributed by atoms with van der Waals surface area (Å²) in [6.45, 7) is 0.476. The van der Waals surface area contributed by atoms with Gasteiger partial charge in [-0.1, -0.05) is 54.1 Å². The molecule has 4 nitrogen and oxygen atoms in total. The molecule has 32 heavy (non-hydrogen) atoms. The van der Waals surface area contributed by atoms with Crippen molar-refractivity contribution in [2.45, 2.75) is 12.6 Å². The number of nitriles is 1. The van der Waals surface area contributed by atoms with E-state index in [4.69, 9.17) is 21.1 Å². The molecule has 0 aliphatic carbocycles. The third-order valence-electron chi connectivity index (χ3n) is 4.78. The molecule has 4 rings (SSSR count). The number of nitrogens with zero attached hydrogens (tertiary/aromatic N) is 1. The first kappa shape index (κ1) is 21.3. The van der Waals surface area contributed by atoms with Gasteiger partial charge in [0.2, 0.25) is 0 Å². The van der Waals surface area contributed by atoms with Crippen LogP contribution in [0, 0.1) is 11.3 Å². The van der Waals surface area contributed by atoms with Crippen molar-refractivity contribution in [3.05, 3.63) is 119 Å². The molecule has 1 unspecified atom stereocenters. The van der Waals surface area contributed by atoms with Crippen LogP contribution in [-0.2, 0) is 6.61 Å². The molecule has 158 valence electrons. The van der Waals surface area contributed by atoms with Crippen LogP contribution in [-0.4, -0.2) is 0 Å². The van der Waals surface area contributed by atoms with E-state index in [0.29, 0.717) is 23.1 Å². The molecule has 1 atom stereocenters. The van der Waals surface area contributed by atoms with E-state index in [2.05, 4.69) is 11.4 Å². The first-order chi connectivity index (χ1) is 15.7. The first-order valence-corrected chi connectivity index (χ1v) is 10.5. The summed E-state index contributed by atoms with van der Waals surface area (Å²) in [7, 11) is 0. The van der Waals surface area contributed by atoms with Gasteiger partial charge in [-0.25, -0.2) is 0 Å². The van der Waals surface area contributed by atoms with Crippen LogP contribution in [0.2, 0.25) is 5.02 Å². The minimum absolute atomic E-state index is 0.476. The highest BCUT2D eigenvalue weighted by molar-refractivity contribution is 6.30. The number of benzene rings is 4. The maximum Gasteiger partial charge on any atom is 0.140 e. The predicted octanol–water partition coefficient (Wildman–Crippen LogP) is 7.39. The Morgan fingerprint density at radius 3 is 2.16 bits per heavy atom. The Balaban J connectivity index is 1.39. The Morgan fingerprint density at radius 2 is 1.47 bits per heavy atom. The molecule has 0 radical (unpaired) electrons. The average molecular weight is 441 g/mol. The van der Waals surface area contributed by atoms with Crippen LogP contribution in [0.25, 0.3) is 0 Å². The van der Waals surface area contributed by atoms with Gasteiger partial charge >= 0.3 is 0 Å². The summed E-state index contributed by atoms with van der Waals surface area (Å²) in [4.78, 5) is 0. The fourth-order valence-corrected chi connectivity index (χ4v) is 3.27. The highest BCUT2D eigenvalue weighted by atomic mass is 35.5. The smallest absolute Gasteiger partial charge is 0.140 e. The summed E-state index contributed by atoms with van der Waals surface area (Å²) >= 11 is 5.91. The Bertz CT molecular complexity index is 1190. The number of halogens is 1. The minimum atomic E-state index is -0.515. The molecule has 0 amide bonds. The normalized spacial score (nSPS) is 11.2. The van der Waals surface area contributed by atoms with Crippen LogP contribution < -0.4 is 14.8 Å². The highest BCUT2D eigenvalue weighted by Crippen LogP contribution is 2.27. The molecule has 4 aromatic carbocycles. The van der Waals surface area contributed by atoms with Crippen LogP contribution in [0.1, 0.15) is 17.2 Å². The van der Waals surface area contributed by atoms with Crippen LogP contribution in [0.5, 0.6) is 17.2 Å². The Labute approximate surface area is 192 Å². The van der Waals surface area contributed by atoms with Gasteiger partial charge in [0, 0.05) is 10.7 Å². The van der Waals surface area contributed by atoms with Crippen molar-refractivity contribution < 1.29 is 9.47 Å². The molecule has 0 spiro atoms. The van der Waals surface area contributed by atoms with E-state index in [-0.39, 0.29) is 0 Å². The second-order valence-electron chi connectivity index (χ2n) is 7.13. The summed E-state index contributed by atoms with van der Waals surface area (Å²) in [6.07, 6.45) is 0. The fourth-order valence-electron chi connectivity index (χ4n) is 3.14. The van der Waals surface area contributed by atoms with Gasteiger partial charge in [-0.05, 0) is 71.8 Å². The van der Waals surface area contributed by atoms with Crippen LogP contribution >= 0.6 is 11.6 Å². The summed E-state index contributed by atoms with van der Waals surface area (Å²) in [6, 6.07) is 34.0. The topological polar surface area (TPSA) is 54.3 Å². The molecule has 4 aromatic rings. The molecule has 0 fully saturated rings. The van der Waals surface area contributed by atoms with E-state index in [9.17, 15) is 5.26 Å². The van der Waals surface area contributed by atoms with Crippen molar-refractivity contribution in [2.75, 3.05) is 5.32 Å². The number of rotatable bonds is 8. The summed E-state index contributed by atoms with van der Waals surface area (Å²) in [5.41, 5.74) is 2.74. The maximum atomic E-state index is 9.72. The van der Waals surface area contributed by atoms with Gasteiger partial charge in [-0.2, -0.15) is 5.26 Å². The van der Waals surface area contributed by atoms with Gasteiger partial charge in [0.1, 0.15) is 29.9 Å². The number of hydrogen-bond donors (Lipinski definition) is 1. The number of hydrogen-bond acceptors (Lipinski definition) is 4. The van der Waals surface area contributed by atoms with Gasteiger partial charge < -0.3 is 14.8 Å². The lowest BCUT2D eigenvalue weighted by Crippen LogP contribution is -2.08. The van der Waals surface area contributed by atoms with E-state index in [1.807, 2.05) is 91.0 Å². The van der Waals surface area contributed by atoms with Crippen molar-refractivity contribution in [2.24, 2.45) is 0 Å². The van der Waals surface area contributed by atoms with Crippen molar-refractivity contribution in [1.82, 2.24) is 0 Å². The molecule has 0 aliphatic heterocycles. The SMILES string of the molecule is N#CC(Nc1ccc(Oc2ccc(Cl)cc2)cc1)c1cccc(OCc2ccccc2)c1. The number of anilines is 1. The van der Waals surface area contributed by atoms with Gasteiger partial charge in [-0.15, -0.1) is 0 Å². The Hall–Kier alpha value is -3.94. The monoisotopic (exact) mass is 440 g/mol. The molecule has 0 saturated heterocycles. The van der Waals surface area contributed by atoms with Crippen molar-refractivity contribution in [3.63, 3.8) is 0 Å². The van der Waals surface area contributed by atoms with Gasteiger partial charge in [0.15, 0.2) is 0 Å². The molecule has 0 aliphatic rings. The van der Waals surface area contributed by atoms with Crippen LogP contribution in [0.3, 0.4) is 0 Å². The highest BCUT2D eigenvalue weighted by Gasteiger charge is 2.12. The molecular weight excluding hydrogens is 420 g/mol. The van der Waals surface area contributed by atoms with Gasteiger partial charge in [-0.3, -0.25) is 0 Å². The van der Waals surface area contributed by atoms with Gasteiger partial charge in [0.05, 0.1) is 6.07 Å². The lowest BCUT2D eigenvalue weighted by molar-refractivity contribution is 0.306. The number of ether oxygens (including phenoxy) is 2. The van der Waals surface area contributed by atoms with E-state index in [1.54, 1.807) is 12.1 Å². The van der Waals surface area contributed by atoms with Gasteiger partial charge in [0.25, 0.3) is 0 Å². The fraction of sp³-hybridized carbons (Fsp3) is 0.0741. The lowest BCUT2D eigenvalue weighted by Gasteiger charge is -2.15. The standard InChI is InChI=1S/C27H21ClN2O2/c28-22-9-13-24(14-10-22)32-25-15-11-23(12-16-25)30-27(18-29)21-7-4-8-26(17-21)31-19-20-5-2-1-3-6-20/h1-17,27,30H,19H2. The van der Waals surface area contributed by atoms with Crippen LogP contribution in [0.4, 0.5) is 5.69 Å². The second kappa shape index (κ2) is 10.4. The molecule has 1 N–H and O–H groups in total. The third kappa shape index (κ3) is 5.81. The first-order valence-electron chi connectivity index (χ1n) is 10.2. The molecular formula is C27H21ClN2O2. The minimum Gasteiger partial charge on any atom is -0.489 e. The second-order valence-corrected chi connectivity index (χ2v) is 7.57. The molecule has 0 aromatic heterocycles. The maximum absolute atomic E-state index is 9.72. The molecule has 0 saturated carbocycles. The zero-order valence-corrected chi connectivity index (χ0v) is 18.0. The lowest BCUT2D eigenvalue weighted by atomic mass is 10.1. The van der Waals surface area contributed by atoms with E-state index in [0.717, 1.165) is 22.6 Å². The van der Waals surface area contributed by atoms with Crippen LogP contribution in [0.15, 0.2) is 103 Å². The predicted molar refractivity (Wildman–Crippen MR) is 127 cm³/mol. The average Bonchev–Trinajstić information content (AvgIpc) is 2.84. The zero-order valence-electron chi connectivity index (χ0n) is 17.2. The van der Waals surface area contributed by atoms with E-state index >= 15 is 0 Å². The zero-order chi connectivity index (χ0) is 22.2. The largest absolute Gasteiger partial charge is 0.489 e. The van der Waals surface area contributed by atoms with Crippen molar-refractivity contribution in [3.8, 4) is 23.3 Å². The number of nitrogens with one attached hydrogen (secondary N) is 1. The quantitative estimate of drug-likeness (QED) is 0.310. The van der Waals surface area contributed by atoms with E-state index < -0.39 is 6.04 Å². The summed E-state index contributed by atoms with van der Waals surface area (Å²) in [5.74, 6) is 2.13. The molecule has 0 heterocycles. The summed E-state index contributed by atoms with van der Waals surface area (Å²) in [5, 5.41) is 13.6. The summed E-state index contributed by atoms with van der Waals surface area (Å²) < 4.78 is 11.7. The Kier molecular flexibility index (Phi) is 6.91. The van der Waals surface area contributed by atoms with E-state index in [1.165, 1.54) is 0 Å². The van der Waals surface area contributed by atoms with Crippen molar-refractivity contribution >= 4 is 17.3 Å². The third-order valence-corrected chi connectivity index (χ3v) is 5.04. The molecule has 0 bridgehead atoms. The Morgan fingerprint density at radius 1 is 0.781 bits per heavy atom. The molecule has 5 heteroatoms.